The van der Waals surface area contributed by atoms with Gasteiger partial charge in [-0.25, -0.2) is 0 Å². The lowest BCUT2D eigenvalue weighted by atomic mass is 10.1. The molecule has 2 heterocycles. The summed E-state index contributed by atoms with van der Waals surface area (Å²) in [5, 5.41) is 29.2. The SMILES string of the molecule is C[C@@H](Nc1nnnc2ccc(N3CCNCC3)cc12)c1cccc(C#N)c1. The van der Waals surface area contributed by atoms with Gasteiger partial charge in [0.05, 0.1) is 23.2 Å². The average Bonchev–Trinajstić information content (AvgIpc) is 2.74. The molecule has 0 unspecified atom stereocenters. The second kappa shape index (κ2) is 7.56. The van der Waals surface area contributed by atoms with Crippen molar-refractivity contribution in [3.63, 3.8) is 0 Å². The van der Waals surface area contributed by atoms with Crippen LogP contribution in [0.25, 0.3) is 10.9 Å². The van der Waals surface area contributed by atoms with E-state index in [2.05, 4.69) is 49.1 Å². The van der Waals surface area contributed by atoms with Crippen LogP contribution in [0.2, 0.25) is 0 Å². The highest BCUT2D eigenvalue weighted by atomic mass is 15.3. The van der Waals surface area contributed by atoms with Crippen molar-refractivity contribution < 1.29 is 0 Å². The molecule has 2 aromatic carbocycles. The van der Waals surface area contributed by atoms with Gasteiger partial charge in [-0.1, -0.05) is 12.1 Å². The molecular weight excluding hydrogens is 338 g/mol. The predicted octanol–water partition coefficient (Wildman–Crippen LogP) is 2.48. The van der Waals surface area contributed by atoms with E-state index < -0.39 is 0 Å². The Hall–Kier alpha value is -3.24. The number of benzene rings is 2. The summed E-state index contributed by atoms with van der Waals surface area (Å²) in [6.45, 7) is 5.99. The molecule has 27 heavy (non-hydrogen) atoms. The van der Waals surface area contributed by atoms with E-state index in [0.717, 1.165) is 42.6 Å². The van der Waals surface area contributed by atoms with Gasteiger partial charge in [-0.3, -0.25) is 0 Å². The topological polar surface area (TPSA) is 89.8 Å². The van der Waals surface area contributed by atoms with Crippen LogP contribution < -0.4 is 15.5 Å². The number of piperazine rings is 1. The number of nitrogens with one attached hydrogen (secondary N) is 2. The molecule has 3 aromatic rings. The standard InChI is InChI=1S/C20H21N7/c1-14(16-4-2-3-15(11-16)13-21)23-20-18-12-17(27-9-7-22-8-10-27)5-6-19(18)24-26-25-20/h2-6,11-12,14,22H,7-10H2,1H3,(H,23,24,25)/t14-/m1/s1. The average molecular weight is 359 g/mol. The van der Waals surface area contributed by atoms with Crippen molar-refractivity contribution in [3.05, 3.63) is 53.6 Å². The van der Waals surface area contributed by atoms with Gasteiger partial charge in [0.15, 0.2) is 5.82 Å². The number of nitriles is 1. The van der Waals surface area contributed by atoms with Crippen LogP contribution in [0.1, 0.15) is 24.1 Å². The second-order valence-electron chi connectivity index (χ2n) is 6.68. The molecule has 7 nitrogen and oxygen atoms in total. The minimum absolute atomic E-state index is 0.0129. The smallest absolute Gasteiger partial charge is 0.160 e. The monoisotopic (exact) mass is 359 g/mol. The highest BCUT2D eigenvalue weighted by Gasteiger charge is 2.14. The van der Waals surface area contributed by atoms with Crippen LogP contribution in [0.4, 0.5) is 11.5 Å². The zero-order valence-electron chi connectivity index (χ0n) is 15.2. The summed E-state index contributed by atoms with van der Waals surface area (Å²) in [4.78, 5) is 2.36. The molecule has 2 N–H and O–H groups in total. The van der Waals surface area contributed by atoms with Gasteiger partial charge in [-0.15, -0.1) is 10.2 Å². The molecule has 1 aliphatic rings. The number of fused-ring (bicyclic) bond motifs is 1. The largest absolute Gasteiger partial charge is 0.369 e. The van der Waals surface area contributed by atoms with Gasteiger partial charge in [0.25, 0.3) is 0 Å². The minimum atomic E-state index is -0.0129. The van der Waals surface area contributed by atoms with Gasteiger partial charge >= 0.3 is 0 Å². The molecule has 0 amide bonds. The van der Waals surface area contributed by atoms with E-state index in [-0.39, 0.29) is 6.04 Å². The first-order valence-corrected chi connectivity index (χ1v) is 9.10. The molecule has 0 bridgehead atoms. The van der Waals surface area contributed by atoms with Crippen LogP contribution in [0.5, 0.6) is 0 Å². The Kier molecular flexibility index (Phi) is 4.81. The zero-order chi connectivity index (χ0) is 18.6. The maximum atomic E-state index is 9.12. The van der Waals surface area contributed by atoms with Gasteiger partial charge in [0, 0.05) is 37.3 Å². The first kappa shape index (κ1) is 17.2. The molecule has 1 aliphatic heterocycles. The zero-order valence-corrected chi connectivity index (χ0v) is 15.2. The molecule has 0 saturated carbocycles. The molecule has 1 saturated heterocycles. The van der Waals surface area contributed by atoms with E-state index in [0.29, 0.717) is 11.4 Å². The number of rotatable bonds is 4. The van der Waals surface area contributed by atoms with E-state index in [9.17, 15) is 0 Å². The van der Waals surface area contributed by atoms with Gasteiger partial charge in [-0.2, -0.15) is 5.26 Å². The number of anilines is 2. The number of aromatic nitrogens is 3. The fourth-order valence-corrected chi connectivity index (χ4v) is 3.36. The van der Waals surface area contributed by atoms with E-state index in [4.69, 9.17) is 5.26 Å². The van der Waals surface area contributed by atoms with Gasteiger partial charge < -0.3 is 15.5 Å². The molecule has 0 radical (unpaired) electrons. The van der Waals surface area contributed by atoms with Crippen LogP contribution in [0.3, 0.4) is 0 Å². The Morgan fingerprint density at radius 1 is 1.15 bits per heavy atom. The maximum absolute atomic E-state index is 9.12. The van der Waals surface area contributed by atoms with Crippen molar-refractivity contribution in [2.75, 3.05) is 36.4 Å². The lowest BCUT2D eigenvalue weighted by molar-refractivity contribution is 0.589. The molecule has 1 aromatic heterocycles. The summed E-state index contributed by atoms with van der Waals surface area (Å²) < 4.78 is 0. The van der Waals surface area contributed by atoms with Crippen molar-refractivity contribution in [1.29, 1.82) is 5.26 Å². The highest BCUT2D eigenvalue weighted by molar-refractivity contribution is 5.91. The molecule has 4 rings (SSSR count). The molecule has 1 atom stereocenters. The van der Waals surface area contributed by atoms with E-state index in [1.807, 2.05) is 31.2 Å². The number of nitrogens with zero attached hydrogens (tertiary/aromatic N) is 5. The summed E-state index contributed by atoms with van der Waals surface area (Å²) in [6, 6.07) is 16.0. The Morgan fingerprint density at radius 3 is 2.81 bits per heavy atom. The lowest BCUT2D eigenvalue weighted by Crippen LogP contribution is -2.43. The van der Waals surface area contributed by atoms with Crippen LogP contribution in [0, 0.1) is 11.3 Å². The van der Waals surface area contributed by atoms with Crippen molar-refractivity contribution in [2.24, 2.45) is 0 Å². The maximum Gasteiger partial charge on any atom is 0.160 e. The van der Waals surface area contributed by atoms with Gasteiger partial charge in [-0.05, 0) is 48.0 Å². The molecule has 7 heteroatoms. The third-order valence-electron chi connectivity index (χ3n) is 4.88. The fourth-order valence-electron chi connectivity index (χ4n) is 3.36. The highest BCUT2D eigenvalue weighted by Crippen LogP contribution is 2.27. The van der Waals surface area contributed by atoms with Crippen molar-refractivity contribution in [2.45, 2.75) is 13.0 Å². The summed E-state index contributed by atoms with van der Waals surface area (Å²) in [5.41, 5.74) is 3.65. The van der Waals surface area contributed by atoms with Crippen LogP contribution in [-0.4, -0.2) is 41.6 Å². The van der Waals surface area contributed by atoms with Crippen LogP contribution in [0.15, 0.2) is 42.5 Å². The second-order valence-corrected chi connectivity index (χ2v) is 6.68. The normalized spacial score (nSPS) is 15.3. The number of hydrogen-bond donors (Lipinski definition) is 2. The van der Waals surface area contributed by atoms with Crippen molar-refractivity contribution in [1.82, 2.24) is 20.7 Å². The first-order chi connectivity index (χ1) is 13.2. The molecular formula is C20H21N7. The Morgan fingerprint density at radius 2 is 2.00 bits per heavy atom. The van der Waals surface area contributed by atoms with Crippen molar-refractivity contribution >= 4 is 22.4 Å². The van der Waals surface area contributed by atoms with E-state index >= 15 is 0 Å². The third kappa shape index (κ3) is 3.66. The Bertz CT molecular complexity index is 989. The summed E-state index contributed by atoms with van der Waals surface area (Å²) in [7, 11) is 0. The lowest BCUT2D eigenvalue weighted by Gasteiger charge is -2.29. The van der Waals surface area contributed by atoms with E-state index in [1.165, 1.54) is 5.69 Å². The number of hydrogen-bond acceptors (Lipinski definition) is 7. The van der Waals surface area contributed by atoms with Gasteiger partial charge in [0.1, 0.15) is 0 Å². The Balaban J connectivity index is 1.65. The van der Waals surface area contributed by atoms with Crippen LogP contribution in [-0.2, 0) is 0 Å². The predicted molar refractivity (Wildman–Crippen MR) is 106 cm³/mol. The van der Waals surface area contributed by atoms with Gasteiger partial charge in [0.2, 0.25) is 0 Å². The molecule has 0 aliphatic carbocycles. The fraction of sp³-hybridized carbons (Fsp3) is 0.300. The van der Waals surface area contributed by atoms with Crippen molar-refractivity contribution in [3.8, 4) is 6.07 Å². The summed E-state index contributed by atoms with van der Waals surface area (Å²) >= 11 is 0. The molecule has 1 fully saturated rings. The Labute approximate surface area is 158 Å². The minimum Gasteiger partial charge on any atom is -0.369 e. The molecule has 136 valence electrons. The molecule has 0 spiro atoms. The van der Waals surface area contributed by atoms with Crippen LogP contribution >= 0.6 is 0 Å². The summed E-state index contributed by atoms with van der Waals surface area (Å²) in [6.07, 6.45) is 0. The summed E-state index contributed by atoms with van der Waals surface area (Å²) in [5.74, 6) is 0.701. The van der Waals surface area contributed by atoms with E-state index in [1.54, 1.807) is 6.07 Å². The first-order valence-electron chi connectivity index (χ1n) is 9.10. The quantitative estimate of drug-likeness (QED) is 0.739. The third-order valence-corrected chi connectivity index (χ3v) is 4.88.